The Hall–Kier alpha value is -2.03. The van der Waals surface area contributed by atoms with E-state index >= 15 is 0 Å². The first kappa shape index (κ1) is 19.3. The number of pyridine rings is 1. The maximum Gasteiger partial charge on any atom is 0.226 e. The van der Waals surface area contributed by atoms with E-state index < -0.39 is 0 Å². The smallest absolute Gasteiger partial charge is 0.226 e. The highest BCUT2D eigenvalue weighted by molar-refractivity contribution is 5.48. The van der Waals surface area contributed by atoms with Gasteiger partial charge in [0.05, 0.1) is 12.2 Å². The van der Waals surface area contributed by atoms with Crippen molar-refractivity contribution in [3.63, 3.8) is 0 Å². The number of benzene rings is 1. The molecule has 0 amide bonds. The van der Waals surface area contributed by atoms with Crippen LogP contribution in [0.5, 0.6) is 17.4 Å². The zero-order valence-corrected chi connectivity index (χ0v) is 16.5. The summed E-state index contributed by atoms with van der Waals surface area (Å²) in [7, 11) is 0. The van der Waals surface area contributed by atoms with Gasteiger partial charge in [-0.25, -0.2) is 4.98 Å². The molecule has 136 valence electrons. The first-order valence-corrected chi connectivity index (χ1v) is 9.35. The zero-order valence-electron chi connectivity index (χ0n) is 16.5. The molecule has 0 unspecified atom stereocenters. The van der Waals surface area contributed by atoms with Crippen molar-refractivity contribution in [1.82, 2.24) is 4.98 Å². The molecule has 0 aliphatic carbocycles. The number of nitrogens with zero attached hydrogens (tertiary/aromatic N) is 1. The Morgan fingerprint density at radius 1 is 0.920 bits per heavy atom. The molecule has 0 spiro atoms. The van der Waals surface area contributed by atoms with Crippen molar-refractivity contribution < 1.29 is 9.47 Å². The summed E-state index contributed by atoms with van der Waals surface area (Å²) in [6.45, 7) is 13.3. The van der Waals surface area contributed by atoms with Crippen LogP contribution in [-0.4, -0.2) is 11.6 Å². The standard InChI is InChI=1S/C22H31NO2/c1-7-9-10-11-24-20-14-17(5)23-22(18(20)6)25-21-15(3)12-19(8-2)13-16(21)4/h12-14H,7-11H2,1-6H3. The summed E-state index contributed by atoms with van der Waals surface area (Å²) >= 11 is 0. The van der Waals surface area contributed by atoms with Gasteiger partial charge in [-0.05, 0) is 57.2 Å². The Morgan fingerprint density at radius 2 is 1.60 bits per heavy atom. The number of rotatable bonds is 8. The van der Waals surface area contributed by atoms with E-state index in [2.05, 4.69) is 44.8 Å². The van der Waals surface area contributed by atoms with E-state index in [0.717, 1.165) is 53.3 Å². The minimum atomic E-state index is 0.640. The normalized spacial score (nSPS) is 10.8. The summed E-state index contributed by atoms with van der Waals surface area (Å²) in [6, 6.07) is 6.37. The second kappa shape index (κ2) is 8.89. The van der Waals surface area contributed by atoms with Gasteiger partial charge in [-0.1, -0.05) is 38.8 Å². The third-order valence-electron chi connectivity index (χ3n) is 4.44. The fraction of sp³-hybridized carbons (Fsp3) is 0.500. The highest BCUT2D eigenvalue weighted by atomic mass is 16.5. The van der Waals surface area contributed by atoms with Crippen LogP contribution in [0.15, 0.2) is 18.2 Å². The minimum Gasteiger partial charge on any atom is -0.493 e. The van der Waals surface area contributed by atoms with E-state index in [0.29, 0.717) is 5.88 Å². The van der Waals surface area contributed by atoms with Gasteiger partial charge in [0.1, 0.15) is 11.5 Å². The predicted octanol–water partition coefficient (Wildman–Crippen LogP) is 6.24. The number of hydrogen-bond donors (Lipinski definition) is 0. The second-order valence-corrected chi connectivity index (χ2v) is 6.76. The van der Waals surface area contributed by atoms with Gasteiger partial charge >= 0.3 is 0 Å². The molecule has 1 heterocycles. The summed E-state index contributed by atoms with van der Waals surface area (Å²) in [4.78, 5) is 4.60. The Labute approximate surface area is 152 Å². The van der Waals surface area contributed by atoms with Gasteiger partial charge in [-0.15, -0.1) is 0 Å². The molecule has 3 nitrogen and oxygen atoms in total. The number of aromatic nitrogens is 1. The van der Waals surface area contributed by atoms with E-state index in [-0.39, 0.29) is 0 Å². The van der Waals surface area contributed by atoms with Crippen LogP contribution in [-0.2, 0) is 6.42 Å². The second-order valence-electron chi connectivity index (χ2n) is 6.76. The average molecular weight is 341 g/mol. The van der Waals surface area contributed by atoms with Gasteiger partial charge in [-0.3, -0.25) is 0 Å². The fourth-order valence-electron chi connectivity index (χ4n) is 2.96. The lowest BCUT2D eigenvalue weighted by atomic mass is 10.0. The summed E-state index contributed by atoms with van der Waals surface area (Å²) in [5.74, 6) is 2.41. The van der Waals surface area contributed by atoms with Crippen molar-refractivity contribution in [1.29, 1.82) is 0 Å². The van der Waals surface area contributed by atoms with E-state index in [4.69, 9.17) is 9.47 Å². The maximum atomic E-state index is 6.23. The van der Waals surface area contributed by atoms with Crippen molar-refractivity contribution in [2.24, 2.45) is 0 Å². The quantitative estimate of drug-likeness (QED) is 0.533. The van der Waals surface area contributed by atoms with Crippen LogP contribution in [0.4, 0.5) is 0 Å². The number of aryl methyl sites for hydroxylation is 4. The number of hydrogen-bond acceptors (Lipinski definition) is 3. The lowest BCUT2D eigenvalue weighted by Crippen LogP contribution is -2.03. The molecule has 1 aromatic carbocycles. The Balaban J connectivity index is 2.26. The Morgan fingerprint density at radius 3 is 2.20 bits per heavy atom. The topological polar surface area (TPSA) is 31.4 Å². The van der Waals surface area contributed by atoms with Crippen molar-refractivity contribution in [3.8, 4) is 17.4 Å². The zero-order chi connectivity index (χ0) is 18.4. The van der Waals surface area contributed by atoms with Gasteiger partial charge < -0.3 is 9.47 Å². The largest absolute Gasteiger partial charge is 0.493 e. The van der Waals surface area contributed by atoms with Crippen LogP contribution in [0, 0.1) is 27.7 Å². The van der Waals surface area contributed by atoms with Gasteiger partial charge in [0.25, 0.3) is 0 Å². The predicted molar refractivity (Wildman–Crippen MR) is 104 cm³/mol. The molecule has 2 aromatic rings. The molecule has 3 heteroatoms. The first-order valence-electron chi connectivity index (χ1n) is 9.35. The first-order chi connectivity index (χ1) is 12.0. The van der Waals surface area contributed by atoms with Crippen LogP contribution in [0.3, 0.4) is 0 Å². The molecule has 0 saturated carbocycles. The van der Waals surface area contributed by atoms with Gasteiger partial charge in [-0.2, -0.15) is 0 Å². The molecule has 0 bridgehead atoms. The Bertz CT molecular complexity index is 699. The third kappa shape index (κ3) is 4.97. The third-order valence-corrected chi connectivity index (χ3v) is 4.44. The lowest BCUT2D eigenvalue weighted by molar-refractivity contribution is 0.301. The summed E-state index contributed by atoms with van der Waals surface area (Å²) in [6.07, 6.45) is 4.48. The molecule has 2 rings (SSSR count). The van der Waals surface area contributed by atoms with Crippen molar-refractivity contribution in [3.05, 3.63) is 46.1 Å². The molecule has 0 aliphatic rings. The molecule has 0 N–H and O–H groups in total. The molecule has 1 aromatic heterocycles. The molecule has 0 fully saturated rings. The summed E-state index contributed by atoms with van der Waals surface area (Å²) in [5, 5.41) is 0. The molecular formula is C22H31NO2. The van der Waals surface area contributed by atoms with E-state index in [1.165, 1.54) is 18.4 Å². The van der Waals surface area contributed by atoms with Crippen LogP contribution in [0.25, 0.3) is 0 Å². The fourth-order valence-corrected chi connectivity index (χ4v) is 2.96. The summed E-state index contributed by atoms with van der Waals surface area (Å²) < 4.78 is 12.2. The monoisotopic (exact) mass is 341 g/mol. The van der Waals surface area contributed by atoms with Gasteiger partial charge in [0.2, 0.25) is 5.88 Å². The minimum absolute atomic E-state index is 0.640. The molecule has 0 atom stereocenters. The Kier molecular flexibility index (Phi) is 6.86. The van der Waals surface area contributed by atoms with Gasteiger partial charge in [0.15, 0.2) is 0 Å². The SMILES string of the molecule is CCCCCOc1cc(C)nc(Oc2c(C)cc(CC)cc2C)c1C. The van der Waals surface area contributed by atoms with E-state index in [9.17, 15) is 0 Å². The molecule has 0 radical (unpaired) electrons. The van der Waals surface area contributed by atoms with E-state index in [1.54, 1.807) is 0 Å². The number of unbranched alkanes of at least 4 members (excludes halogenated alkanes) is 2. The van der Waals surface area contributed by atoms with Gasteiger partial charge in [0, 0.05) is 11.8 Å². The molecular weight excluding hydrogens is 310 g/mol. The summed E-state index contributed by atoms with van der Waals surface area (Å²) in [5.41, 5.74) is 5.48. The van der Waals surface area contributed by atoms with Crippen LogP contribution >= 0.6 is 0 Å². The highest BCUT2D eigenvalue weighted by Crippen LogP contribution is 2.34. The van der Waals surface area contributed by atoms with Crippen molar-refractivity contribution in [2.75, 3.05) is 6.61 Å². The lowest BCUT2D eigenvalue weighted by Gasteiger charge is -2.17. The maximum absolute atomic E-state index is 6.23. The molecule has 0 aliphatic heterocycles. The molecule has 25 heavy (non-hydrogen) atoms. The van der Waals surface area contributed by atoms with Crippen molar-refractivity contribution >= 4 is 0 Å². The van der Waals surface area contributed by atoms with Crippen LogP contribution in [0.1, 0.15) is 61.1 Å². The average Bonchev–Trinajstić information content (AvgIpc) is 2.58. The van der Waals surface area contributed by atoms with Crippen molar-refractivity contribution in [2.45, 2.75) is 67.2 Å². The highest BCUT2D eigenvalue weighted by Gasteiger charge is 2.14. The molecule has 0 saturated heterocycles. The number of ether oxygens (including phenoxy) is 2. The van der Waals surface area contributed by atoms with Crippen LogP contribution < -0.4 is 9.47 Å². The van der Waals surface area contributed by atoms with Crippen LogP contribution in [0.2, 0.25) is 0 Å². The van der Waals surface area contributed by atoms with E-state index in [1.807, 2.05) is 19.9 Å².